The monoisotopic (exact) mass is 343 g/mol. The van der Waals surface area contributed by atoms with Gasteiger partial charge in [-0.25, -0.2) is 15.0 Å². The Labute approximate surface area is 144 Å². The first-order chi connectivity index (χ1) is 12.2. The first-order valence-electron chi connectivity index (χ1n) is 8.09. The van der Waals surface area contributed by atoms with Gasteiger partial charge in [0.25, 0.3) is 0 Å². The number of aromatic nitrogens is 4. The minimum Gasteiger partial charge on any atom is -0.396 e. The first-order valence-corrected chi connectivity index (χ1v) is 8.09. The molecule has 3 aromatic rings. The Morgan fingerprint density at radius 3 is 2.60 bits per heavy atom. The summed E-state index contributed by atoms with van der Waals surface area (Å²) in [7, 11) is 0. The summed E-state index contributed by atoms with van der Waals surface area (Å²) < 4.78 is 1.67. The van der Waals surface area contributed by atoms with E-state index < -0.39 is 18.8 Å². The number of aliphatic hydroxyl groups excluding tert-OH is 3. The van der Waals surface area contributed by atoms with Crippen molar-refractivity contribution in [3.63, 3.8) is 0 Å². The van der Waals surface area contributed by atoms with Crippen molar-refractivity contribution >= 4 is 17.0 Å². The molecular formula is C17H21N5O3. The van der Waals surface area contributed by atoms with E-state index in [0.29, 0.717) is 23.5 Å². The number of nitrogens with zero attached hydrogens (tertiary/aromatic N) is 4. The lowest BCUT2D eigenvalue weighted by Crippen LogP contribution is -2.28. The van der Waals surface area contributed by atoms with Gasteiger partial charge in [-0.3, -0.25) is 0 Å². The Hall–Kier alpha value is -2.55. The number of fused-ring (bicyclic) bond motifs is 1. The molecule has 0 aliphatic rings. The number of rotatable bonds is 8. The van der Waals surface area contributed by atoms with Crippen LogP contribution in [0.5, 0.6) is 0 Å². The fourth-order valence-corrected chi connectivity index (χ4v) is 2.78. The topological polar surface area (TPSA) is 116 Å². The van der Waals surface area contributed by atoms with E-state index in [4.69, 9.17) is 0 Å². The van der Waals surface area contributed by atoms with E-state index in [-0.39, 0.29) is 13.0 Å². The third-order valence-electron chi connectivity index (χ3n) is 4.07. The van der Waals surface area contributed by atoms with Gasteiger partial charge in [-0.2, -0.15) is 0 Å². The highest BCUT2D eigenvalue weighted by Gasteiger charge is 2.23. The van der Waals surface area contributed by atoms with Gasteiger partial charge < -0.3 is 25.2 Å². The Kier molecular flexibility index (Phi) is 5.54. The second-order valence-electron chi connectivity index (χ2n) is 5.72. The molecule has 0 bridgehead atoms. The molecule has 4 N–H and O–H groups in total. The zero-order valence-electron chi connectivity index (χ0n) is 13.7. The molecule has 8 nitrogen and oxygen atoms in total. The maximum atomic E-state index is 10.0. The number of nitrogens with one attached hydrogen (secondary N) is 1. The maximum Gasteiger partial charge on any atom is 0.165 e. The molecule has 0 aliphatic heterocycles. The largest absolute Gasteiger partial charge is 0.396 e. The molecule has 0 amide bonds. The van der Waals surface area contributed by atoms with Crippen molar-refractivity contribution < 1.29 is 15.3 Å². The number of aliphatic hydroxyl groups is 3. The first kappa shape index (κ1) is 17.3. The molecule has 0 spiro atoms. The van der Waals surface area contributed by atoms with Crippen molar-refractivity contribution in [1.82, 2.24) is 19.5 Å². The fraction of sp³-hybridized carbons (Fsp3) is 0.353. The average molecular weight is 343 g/mol. The van der Waals surface area contributed by atoms with E-state index in [1.165, 1.54) is 6.33 Å². The van der Waals surface area contributed by atoms with Crippen molar-refractivity contribution in [1.29, 1.82) is 0 Å². The van der Waals surface area contributed by atoms with Crippen LogP contribution in [0.15, 0.2) is 43.0 Å². The van der Waals surface area contributed by atoms with Gasteiger partial charge in [-0.15, -0.1) is 0 Å². The summed E-state index contributed by atoms with van der Waals surface area (Å²) >= 11 is 0. The van der Waals surface area contributed by atoms with Crippen LogP contribution < -0.4 is 5.32 Å². The minimum atomic E-state index is -1.01. The van der Waals surface area contributed by atoms with Crippen LogP contribution in [0.1, 0.15) is 18.0 Å². The van der Waals surface area contributed by atoms with Gasteiger partial charge in [0, 0.05) is 13.2 Å². The van der Waals surface area contributed by atoms with Gasteiger partial charge >= 0.3 is 0 Å². The Morgan fingerprint density at radius 1 is 1.08 bits per heavy atom. The molecule has 8 heteroatoms. The quantitative estimate of drug-likeness (QED) is 0.476. The van der Waals surface area contributed by atoms with Crippen LogP contribution in [0.2, 0.25) is 0 Å². The highest BCUT2D eigenvalue weighted by Crippen LogP contribution is 2.24. The van der Waals surface area contributed by atoms with Crippen LogP contribution >= 0.6 is 0 Å². The maximum absolute atomic E-state index is 10.0. The molecule has 2 atom stereocenters. The molecule has 0 saturated carbocycles. The molecule has 132 valence electrons. The number of hydrogen-bond acceptors (Lipinski definition) is 7. The van der Waals surface area contributed by atoms with Crippen molar-refractivity contribution in [2.24, 2.45) is 0 Å². The van der Waals surface area contributed by atoms with E-state index in [9.17, 15) is 15.3 Å². The zero-order chi connectivity index (χ0) is 17.6. The van der Waals surface area contributed by atoms with Crippen LogP contribution in [-0.4, -0.2) is 54.2 Å². The summed E-state index contributed by atoms with van der Waals surface area (Å²) in [6.07, 6.45) is 2.24. The Bertz CT molecular complexity index is 808. The lowest BCUT2D eigenvalue weighted by molar-refractivity contribution is 0.0428. The van der Waals surface area contributed by atoms with Crippen LogP contribution in [0, 0.1) is 0 Å². The highest BCUT2D eigenvalue weighted by atomic mass is 16.3. The van der Waals surface area contributed by atoms with Crippen molar-refractivity contribution in [3.05, 3.63) is 48.5 Å². The van der Waals surface area contributed by atoms with Crippen LogP contribution in [0.4, 0.5) is 5.82 Å². The predicted molar refractivity (Wildman–Crippen MR) is 92.9 cm³/mol. The molecule has 2 aromatic heterocycles. The van der Waals surface area contributed by atoms with Crippen molar-refractivity contribution in [2.75, 3.05) is 18.5 Å². The molecule has 1 aromatic carbocycles. The summed E-state index contributed by atoms with van der Waals surface area (Å²) in [5, 5.41) is 31.8. The molecule has 2 heterocycles. The Morgan fingerprint density at radius 2 is 1.88 bits per heavy atom. The third-order valence-corrected chi connectivity index (χ3v) is 4.07. The third kappa shape index (κ3) is 3.76. The minimum absolute atomic E-state index is 0.119. The number of benzene rings is 1. The molecule has 3 rings (SSSR count). The van der Waals surface area contributed by atoms with Gasteiger partial charge in [-0.1, -0.05) is 30.3 Å². The smallest absolute Gasteiger partial charge is 0.165 e. The molecule has 0 unspecified atom stereocenters. The van der Waals surface area contributed by atoms with Crippen LogP contribution in [-0.2, 0) is 6.54 Å². The van der Waals surface area contributed by atoms with E-state index in [1.54, 1.807) is 10.9 Å². The molecule has 0 fully saturated rings. The molecule has 0 radical (unpaired) electrons. The van der Waals surface area contributed by atoms with Crippen LogP contribution in [0.25, 0.3) is 11.2 Å². The van der Waals surface area contributed by atoms with Gasteiger partial charge in [0.2, 0.25) is 0 Å². The second-order valence-corrected chi connectivity index (χ2v) is 5.72. The summed E-state index contributed by atoms with van der Waals surface area (Å²) in [5.41, 5.74) is 2.23. The van der Waals surface area contributed by atoms with E-state index in [2.05, 4.69) is 20.3 Å². The van der Waals surface area contributed by atoms with Gasteiger partial charge in [0.1, 0.15) is 11.8 Å². The summed E-state index contributed by atoms with van der Waals surface area (Å²) in [6, 6.07) is 9.41. The van der Waals surface area contributed by atoms with Gasteiger partial charge in [0.15, 0.2) is 11.5 Å². The van der Waals surface area contributed by atoms with E-state index in [1.807, 2.05) is 30.3 Å². The molecule has 0 saturated heterocycles. The summed E-state index contributed by atoms with van der Waals surface area (Å²) in [6.45, 7) is 0.0687. The standard InChI is InChI=1S/C17H21N5O3/c23-7-6-13(14(25)9-24)22-11-21-15-16(19-10-20-17(15)22)18-8-12-4-2-1-3-5-12/h1-5,10-11,13-14,23-25H,6-9H2,(H,18,19,20)/t13-,14-/m1/s1. The van der Waals surface area contributed by atoms with Crippen LogP contribution in [0.3, 0.4) is 0 Å². The molecule has 0 aliphatic carbocycles. The van der Waals surface area contributed by atoms with Gasteiger partial charge in [0.05, 0.1) is 25.1 Å². The van der Waals surface area contributed by atoms with E-state index >= 15 is 0 Å². The van der Waals surface area contributed by atoms with Crippen molar-refractivity contribution in [2.45, 2.75) is 25.1 Å². The SMILES string of the molecule is OCC[C@H]([C@H](O)CO)n1cnc2c(NCc3ccccc3)ncnc21. The zero-order valence-corrected chi connectivity index (χ0v) is 13.7. The van der Waals surface area contributed by atoms with Gasteiger partial charge in [-0.05, 0) is 12.0 Å². The summed E-state index contributed by atoms with van der Waals surface area (Å²) in [5.74, 6) is 0.592. The van der Waals surface area contributed by atoms with E-state index in [0.717, 1.165) is 5.56 Å². The number of hydrogen-bond donors (Lipinski definition) is 4. The lowest BCUT2D eigenvalue weighted by atomic mass is 10.1. The normalized spacial score (nSPS) is 13.7. The number of imidazole rings is 1. The molecular weight excluding hydrogens is 322 g/mol. The number of anilines is 1. The Balaban J connectivity index is 1.88. The fourth-order valence-electron chi connectivity index (χ4n) is 2.78. The second kappa shape index (κ2) is 8.02. The van der Waals surface area contributed by atoms with Crippen molar-refractivity contribution in [3.8, 4) is 0 Å². The molecule has 25 heavy (non-hydrogen) atoms. The predicted octanol–water partition coefficient (Wildman–Crippen LogP) is 0.715. The highest BCUT2D eigenvalue weighted by molar-refractivity contribution is 5.82. The average Bonchev–Trinajstić information content (AvgIpc) is 3.09. The summed E-state index contributed by atoms with van der Waals surface area (Å²) in [4.78, 5) is 12.8. The lowest BCUT2D eigenvalue weighted by Gasteiger charge is -2.22.